The summed E-state index contributed by atoms with van der Waals surface area (Å²) in [5.74, 6) is 1.26. The van der Waals surface area contributed by atoms with Crippen LogP contribution in [0.3, 0.4) is 0 Å². The molecule has 2 unspecified atom stereocenters. The van der Waals surface area contributed by atoms with E-state index in [0.717, 1.165) is 16.9 Å². The van der Waals surface area contributed by atoms with E-state index in [-0.39, 0.29) is 12.0 Å². The molecule has 0 bridgehead atoms. The third kappa shape index (κ3) is 4.54. The minimum Gasteiger partial charge on any atom is -0.484 e. The quantitative estimate of drug-likeness (QED) is 0.177. The summed E-state index contributed by atoms with van der Waals surface area (Å²) in [4.78, 5) is 0. The average Bonchev–Trinajstić information content (AvgIpc) is 3.56. The van der Waals surface area contributed by atoms with Gasteiger partial charge in [-0.3, -0.25) is 0 Å². The van der Waals surface area contributed by atoms with Crippen LogP contribution in [0.1, 0.15) is 11.5 Å². The van der Waals surface area contributed by atoms with Crippen LogP contribution < -0.4 is 4.74 Å². The fourth-order valence-corrected chi connectivity index (χ4v) is 8.09. The Bertz CT molecular complexity index is 2640. The molecule has 2 aliphatic rings. The predicted molar refractivity (Wildman–Crippen MR) is 206 cm³/mol. The van der Waals surface area contributed by atoms with Gasteiger partial charge in [0.1, 0.15) is 11.9 Å². The number of benzene rings is 8. The Morgan fingerprint density at radius 1 is 0.388 bits per heavy atom. The summed E-state index contributed by atoms with van der Waals surface area (Å²) in [6.45, 7) is 0. The molecule has 0 saturated heterocycles. The van der Waals surface area contributed by atoms with E-state index >= 15 is 0 Å². The van der Waals surface area contributed by atoms with Crippen LogP contribution in [0.2, 0.25) is 0 Å². The van der Waals surface area contributed by atoms with Crippen LogP contribution in [0.5, 0.6) is 5.75 Å². The van der Waals surface area contributed by atoms with E-state index in [1.807, 2.05) is 0 Å². The van der Waals surface area contributed by atoms with Gasteiger partial charge in [0.2, 0.25) is 0 Å². The van der Waals surface area contributed by atoms with Crippen molar-refractivity contribution in [3.05, 3.63) is 188 Å². The molecule has 0 aromatic heterocycles. The molecule has 0 spiro atoms. The number of allylic oxidation sites excluding steroid dienone is 2. The lowest BCUT2D eigenvalue weighted by atomic mass is 9.84. The van der Waals surface area contributed by atoms with Crippen LogP contribution in [-0.2, 0) is 0 Å². The van der Waals surface area contributed by atoms with E-state index in [1.54, 1.807) is 0 Å². The first-order valence-electron chi connectivity index (χ1n) is 17.1. The lowest BCUT2D eigenvalue weighted by molar-refractivity contribution is 0.270. The van der Waals surface area contributed by atoms with Crippen molar-refractivity contribution >= 4 is 32.3 Å². The molecule has 1 heteroatoms. The molecule has 8 aromatic rings. The van der Waals surface area contributed by atoms with E-state index < -0.39 is 0 Å². The minimum absolute atomic E-state index is 0.0521. The highest BCUT2D eigenvalue weighted by Crippen LogP contribution is 2.49. The van der Waals surface area contributed by atoms with Gasteiger partial charge in [-0.25, -0.2) is 0 Å². The van der Waals surface area contributed by atoms with Crippen molar-refractivity contribution in [3.8, 4) is 50.3 Å². The summed E-state index contributed by atoms with van der Waals surface area (Å²) in [5, 5.41) is 7.50. The molecule has 8 aromatic carbocycles. The van der Waals surface area contributed by atoms with Crippen molar-refractivity contribution in [2.75, 3.05) is 0 Å². The summed E-state index contributed by atoms with van der Waals surface area (Å²) >= 11 is 0. The largest absolute Gasteiger partial charge is 0.484 e. The van der Waals surface area contributed by atoms with Gasteiger partial charge < -0.3 is 4.74 Å². The van der Waals surface area contributed by atoms with E-state index in [2.05, 4.69) is 182 Å². The Morgan fingerprint density at radius 3 is 1.92 bits per heavy atom. The molecule has 1 aliphatic carbocycles. The predicted octanol–water partition coefficient (Wildman–Crippen LogP) is 12.8. The smallest absolute Gasteiger partial charge is 0.132 e. The maximum atomic E-state index is 6.60. The molecule has 0 saturated carbocycles. The first-order valence-corrected chi connectivity index (χ1v) is 17.1. The monoisotopic (exact) mass is 624 g/mol. The summed E-state index contributed by atoms with van der Waals surface area (Å²) in [6.07, 6.45) is 8.71. The van der Waals surface area contributed by atoms with Crippen molar-refractivity contribution in [1.29, 1.82) is 0 Å². The molecule has 0 N–H and O–H groups in total. The number of fused-ring (bicyclic) bond motifs is 6. The number of hydrogen-bond donors (Lipinski definition) is 0. The maximum absolute atomic E-state index is 6.60. The van der Waals surface area contributed by atoms with Gasteiger partial charge in [0.15, 0.2) is 0 Å². The van der Waals surface area contributed by atoms with Crippen LogP contribution >= 0.6 is 0 Å². The molecule has 49 heavy (non-hydrogen) atoms. The molecule has 2 atom stereocenters. The Balaban J connectivity index is 1.24. The second-order valence-corrected chi connectivity index (χ2v) is 13.2. The lowest BCUT2D eigenvalue weighted by Gasteiger charge is -2.19. The molecular formula is C48H32O. The van der Waals surface area contributed by atoms with Crippen molar-refractivity contribution in [2.24, 2.45) is 0 Å². The Morgan fingerprint density at radius 2 is 1.04 bits per heavy atom. The van der Waals surface area contributed by atoms with Crippen molar-refractivity contribution < 1.29 is 4.74 Å². The van der Waals surface area contributed by atoms with Crippen LogP contribution in [0, 0.1) is 0 Å². The van der Waals surface area contributed by atoms with E-state index in [0.29, 0.717) is 0 Å². The normalized spacial score (nSPS) is 16.2. The molecule has 0 amide bonds. The third-order valence-corrected chi connectivity index (χ3v) is 10.4. The summed E-state index contributed by atoms with van der Waals surface area (Å²) < 4.78 is 6.60. The first-order chi connectivity index (χ1) is 24.3. The second kappa shape index (κ2) is 11.2. The number of ether oxygens (including phenoxy) is 1. The van der Waals surface area contributed by atoms with Gasteiger partial charge in [-0.2, -0.15) is 0 Å². The standard InChI is InChI=1S/C48H32O/c1-2-12-31(13-3-1)34-26-27-42-44(30-34)47(41-20-7-6-19-40(41)46(42)37-25-24-32-14-4-5-15-33(32)28-37)36-17-10-16-35(29-36)38-21-11-22-43-39-18-8-9-23-45(39)49-48(38)43/h1-30,39,45H. The molecular weight excluding hydrogens is 593 g/mol. The van der Waals surface area contributed by atoms with Crippen molar-refractivity contribution in [3.63, 3.8) is 0 Å². The van der Waals surface area contributed by atoms with Crippen LogP contribution in [0.4, 0.5) is 0 Å². The van der Waals surface area contributed by atoms with Gasteiger partial charge in [0.25, 0.3) is 0 Å². The number of hydrogen-bond acceptors (Lipinski definition) is 1. The first kappa shape index (κ1) is 27.9. The summed E-state index contributed by atoms with van der Waals surface area (Å²) in [5.41, 5.74) is 10.9. The fraction of sp³-hybridized carbons (Fsp3) is 0.0417. The van der Waals surface area contributed by atoms with E-state index in [9.17, 15) is 0 Å². The van der Waals surface area contributed by atoms with E-state index in [1.165, 1.54) is 71.3 Å². The Kier molecular flexibility index (Phi) is 6.38. The summed E-state index contributed by atoms with van der Waals surface area (Å²) in [6, 6.07) is 57.8. The fourth-order valence-electron chi connectivity index (χ4n) is 8.09. The van der Waals surface area contributed by atoms with Gasteiger partial charge in [-0.15, -0.1) is 0 Å². The highest BCUT2D eigenvalue weighted by molar-refractivity contribution is 6.22. The van der Waals surface area contributed by atoms with Gasteiger partial charge in [0, 0.05) is 17.0 Å². The molecule has 10 rings (SSSR count). The molecule has 1 nitrogen and oxygen atoms in total. The van der Waals surface area contributed by atoms with Crippen LogP contribution in [0.25, 0.3) is 76.8 Å². The van der Waals surface area contributed by atoms with Crippen molar-refractivity contribution in [2.45, 2.75) is 12.0 Å². The summed E-state index contributed by atoms with van der Waals surface area (Å²) in [7, 11) is 0. The SMILES string of the molecule is C1=CC2Oc3c(-c4cccc(-c5c6ccccc6c(-c6ccc7ccccc7c6)c6ccc(-c7ccccc7)cc56)c4)cccc3C2C=C1. The van der Waals surface area contributed by atoms with Crippen LogP contribution in [0.15, 0.2) is 182 Å². The topological polar surface area (TPSA) is 9.23 Å². The molecule has 1 aliphatic heterocycles. The minimum atomic E-state index is 0.0521. The lowest BCUT2D eigenvalue weighted by Crippen LogP contribution is -2.15. The highest BCUT2D eigenvalue weighted by atomic mass is 16.5. The highest BCUT2D eigenvalue weighted by Gasteiger charge is 2.33. The molecule has 0 radical (unpaired) electrons. The second-order valence-electron chi connectivity index (χ2n) is 13.2. The zero-order chi connectivity index (χ0) is 32.3. The molecule has 230 valence electrons. The van der Waals surface area contributed by atoms with Crippen molar-refractivity contribution in [1.82, 2.24) is 0 Å². The Hall–Kier alpha value is -6.18. The maximum Gasteiger partial charge on any atom is 0.132 e. The average molecular weight is 625 g/mol. The Labute approximate surface area is 286 Å². The third-order valence-electron chi connectivity index (χ3n) is 10.4. The molecule has 0 fully saturated rings. The molecule has 1 heterocycles. The number of rotatable bonds is 4. The number of para-hydroxylation sites is 1. The van der Waals surface area contributed by atoms with Crippen LogP contribution in [-0.4, -0.2) is 6.10 Å². The van der Waals surface area contributed by atoms with Gasteiger partial charge in [0.05, 0.1) is 0 Å². The zero-order valence-corrected chi connectivity index (χ0v) is 26.9. The van der Waals surface area contributed by atoms with Gasteiger partial charge >= 0.3 is 0 Å². The zero-order valence-electron chi connectivity index (χ0n) is 26.9. The van der Waals surface area contributed by atoms with Gasteiger partial charge in [-0.1, -0.05) is 158 Å². The van der Waals surface area contributed by atoms with E-state index in [4.69, 9.17) is 4.74 Å². The van der Waals surface area contributed by atoms with Gasteiger partial charge in [-0.05, 0) is 95.5 Å².